The lowest BCUT2D eigenvalue weighted by Gasteiger charge is -2.50. The second kappa shape index (κ2) is 16.7. The van der Waals surface area contributed by atoms with Crippen LogP contribution in [0, 0.1) is 0 Å². The lowest BCUT2D eigenvalue weighted by atomic mass is 9.51. The Labute approximate surface area is 405 Å². The summed E-state index contributed by atoms with van der Waals surface area (Å²) >= 11 is 0. The van der Waals surface area contributed by atoms with Gasteiger partial charge in [-0.05, 0) is 138 Å². The largest absolute Gasteiger partial charge is 0.310 e. The van der Waals surface area contributed by atoms with Crippen LogP contribution in [0.25, 0.3) is 39.0 Å². The van der Waals surface area contributed by atoms with Gasteiger partial charge in [0.15, 0.2) is 0 Å². The molecule has 0 radical (unpaired) electrons. The van der Waals surface area contributed by atoms with Crippen LogP contribution in [0.5, 0.6) is 0 Å². The van der Waals surface area contributed by atoms with Gasteiger partial charge in [0, 0.05) is 17.1 Å². The molecule has 1 heteroatoms. The van der Waals surface area contributed by atoms with Gasteiger partial charge in [0.05, 0.1) is 10.8 Å². The van der Waals surface area contributed by atoms with E-state index in [-0.39, 0.29) is 0 Å². The molecule has 0 aliphatic heterocycles. The first kappa shape index (κ1) is 40.7. The molecule has 0 aromatic heterocycles. The molecule has 0 amide bonds. The number of rotatable bonds is 8. The molecule has 10 aromatic carbocycles. The third kappa shape index (κ3) is 6.31. The third-order valence-electron chi connectivity index (χ3n) is 15.1. The lowest BCUT2D eigenvalue weighted by molar-refractivity contribution is 0.620. The Balaban J connectivity index is 0.983. The van der Waals surface area contributed by atoms with Gasteiger partial charge in [0.25, 0.3) is 0 Å². The average Bonchev–Trinajstić information content (AvgIpc) is 3.74. The van der Waals surface area contributed by atoms with Crippen LogP contribution >= 0.6 is 0 Å². The minimum absolute atomic E-state index is 0.510. The Morgan fingerprint density at radius 2 is 0.754 bits per heavy atom. The van der Waals surface area contributed by atoms with E-state index in [1.807, 2.05) is 0 Å². The van der Waals surface area contributed by atoms with Crippen molar-refractivity contribution in [1.82, 2.24) is 0 Å². The molecule has 0 N–H and O–H groups in total. The summed E-state index contributed by atoms with van der Waals surface area (Å²) in [4.78, 5) is 2.39. The zero-order valence-electron chi connectivity index (χ0n) is 38.3. The van der Waals surface area contributed by atoms with Crippen molar-refractivity contribution in [3.05, 3.63) is 323 Å². The number of nitrogens with zero attached hydrogens (tertiary/aromatic N) is 1. The van der Waals surface area contributed by atoms with Crippen LogP contribution < -0.4 is 4.90 Å². The predicted octanol–water partition coefficient (Wildman–Crippen LogP) is 17.3. The SMILES string of the molecule is C1=CC2=C(CC1)c1c(-c3ccc(N(c4ccc(-c5ccccc5)cc4)c4cccc(-c5ccccc5)c4)cc3)cccc1C21c2ccccc2C(c2ccccc2)(c2ccccc2)c2ccccc21. The number of hydrogen-bond acceptors (Lipinski definition) is 1. The maximum atomic E-state index is 2.47. The van der Waals surface area contributed by atoms with Crippen molar-refractivity contribution in [3.63, 3.8) is 0 Å². The van der Waals surface area contributed by atoms with Gasteiger partial charge in [0.2, 0.25) is 0 Å². The van der Waals surface area contributed by atoms with Crippen LogP contribution in [-0.2, 0) is 10.8 Å². The highest BCUT2D eigenvalue weighted by Gasteiger charge is 2.57. The van der Waals surface area contributed by atoms with E-state index >= 15 is 0 Å². The van der Waals surface area contributed by atoms with Gasteiger partial charge in [-0.2, -0.15) is 0 Å². The molecular formula is C68H49N. The molecule has 0 saturated heterocycles. The number of benzene rings is 10. The summed E-state index contributed by atoms with van der Waals surface area (Å²) in [7, 11) is 0. The first-order valence-corrected chi connectivity index (χ1v) is 24.3. The molecule has 69 heavy (non-hydrogen) atoms. The van der Waals surface area contributed by atoms with Gasteiger partial charge in [-0.1, -0.05) is 237 Å². The Kier molecular flexibility index (Phi) is 9.84. The first-order chi connectivity index (χ1) is 34.2. The van der Waals surface area contributed by atoms with Crippen LogP contribution in [0.1, 0.15) is 57.3 Å². The summed E-state index contributed by atoms with van der Waals surface area (Å²) in [6.07, 6.45) is 6.90. The maximum absolute atomic E-state index is 2.47. The summed E-state index contributed by atoms with van der Waals surface area (Å²) in [5.74, 6) is 0. The molecule has 10 aromatic rings. The molecular weight excluding hydrogens is 831 g/mol. The van der Waals surface area contributed by atoms with E-state index in [9.17, 15) is 0 Å². The zero-order valence-corrected chi connectivity index (χ0v) is 38.3. The van der Waals surface area contributed by atoms with Crippen LogP contribution in [-0.4, -0.2) is 0 Å². The minimum atomic E-state index is -0.523. The smallest absolute Gasteiger partial charge is 0.0716 e. The van der Waals surface area contributed by atoms with Crippen molar-refractivity contribution in [1.29, 1.82) is 0 Å². The van der Waals surface area contributed by atoms with Crippen LogP contribution in [0.4, 0.5) is 17.1 Å². The second-order valence-electron chi connectivity index (χ2n) is 18.6. The highest BCUT2D eigenvalue weighted by atomic mass is 15.1. The fourth-order valence-corrected chi connectivity index (χ4v) is 12.3. The summed E-state index contributed by atoms with van der Waals surface area (Å²) in [5, 5.41) is 0. The molecule has 0 atom stereocenters. The quantitative estimate of drug-likeness (QED) is 0.147. The van der Waals surface area contributed by atoms with E-state index in [1.165, 1.54) is 89.0 Å². The number of anilines is 3. The molecule has 1 spiro atoms. The monoisotopic (exact) mass is 879 g/mol. The fraction of sp³-hybridized carbons (Fsp3) is 0.0588. The van der Waals surface area contributed by atoms with Crippen LogP contribution in [0.2, 0.25) is 0 Å². The minimum Gasteiger partial charge on any atom is -0.310 e. The van der Waals surface area contributed by atoms with E-state index < -0.39 is 10.8 Å². The number of fused-ring (bicyclic) bond motifs is 8. The maximum Gasteiger partial charge on any atom is 0.0716 e. The highest BCUT2D eigenvalue weighted by molar-refractivity contribution is 5.97. The Bertz CT molecular complexity index is 3480. The molecule has 13 rings (SSSR count). The fourth-order valence-electron chi connectivity index (χ4n) is 12.3. The third-order valence-corrected chi connectivity index (χ3v) is 15.1. The summed E-state index contributed by atoms with van der Waals surface area (Å²) in [5.41, 5.74) is 23.1. The molecule has 0 saturated carbocycles. The van der Waals surface area contributed by atoms with Crippen molar-refractivity contribution in [2.45, 2.75) is 23.7 Å². The Hall–Kier alpha value is -8.52. The van der Waals surface area contributed by atoms with E-state index in [0.717, 1.165) is 29.9 Å². The Morgan fingerprint density at radius 3 is 1.32 bits per heavy atom. The predicted molar refractivity (Wildman–Crippen MR) is 287 cm³/mol. The zero-order chi connectivity index (χ0) is 45.8. The standard InChI is InChI=1S/C68H49N/c1-5-21-48(22-6-1)50-39-43-55(44-40-50)69(57-30-19-25-52(47-57)49-23-7-2-8-24-49)56-45-41-51(42-46-56)58-32-20-38-65-66(58)59-31-13-14-33-60(59)68(65)63-36-17-15-34-61(63)67(53-26-9-3-10-27-53,54-28-11-4-12-29-54)62-35-16-18-37-64(62)68/h1-12,14-30,32-47H,13,31H2. The summed E-state index contributed by atoms with van der Waals surface area (Å²) < 4.78 is 0. The van der Waals surface area contributed by atoms with Crippen molar-refractivity contribution in [2.75, 3.05) is 4.90 Å². The van der Waals surface area contributed by atoms with Gasteiger partial charge in [-0.15, -0.1) is 0 Å². The summed E-state index contributed by atoms with van der Waals surface area (Å²) in [6.45, 7) is 0. The molecule has 0 fully saturated rings. The van der Waals surface area contributed by atoms with Gasteiger partial charge >= 0.3 is 0 Å². The first-order valence-electron chi connectivity index (χ1n) is 24.3. The molecule has 1 nitrogen and oxygen atoms in total. The van der Waals surface area contributed by atoms with Crippen molar-refractivity contribution >= 4 is 22.6 Å². The molecule has 3 aliphatic rings. The highest BCUT2D eigenvalue weighted by Crippen LogP contribution is 2.65. The van der Waals surface area contributed by atoms with E-state index in [4.69, 9.17) is 0 Å². The van der Waals surface area contributed by atoms with Crippen molar-refractivity contribution in [2.24, 2.45) is 0 Å². The normalized spacial score (nSPS) is 14.7. The van der Waals surface area contributed by atoms with E-state index in [0.29, 0.717) is 0 Å². The van der Waals surface area contributed by atoms with Crippen LogP contribution in [0.15, 0.2) is 279 Å². The molecule has 326 valence electrons. The molecule has 0 bridgehead atoms. The van der Waals surface area contributed by atoms with Crippen molar-refractivity contribution in [3.8, 4) is 33.4 Å². The topological polar surface area (TPSA) is 3.24 Å². The van der Waals surface area contributed by atoms with Gasteiger partial charge in [0.1, 0.15) is 0 Å². The molecule has 3 aliphatic carbocycles. The average molecular weight is 880 g/mol. The van der Waals surface area contributed by atoms with E-state index in [1.54, 1.807) is 0 Å². The van der Waals surface area contributed by atoms with Gasteiger partial charge < -0.3 is 4.90 Å². The second-order valence-corrected chi connectivity index (χ2v) is 18.6. The van der Waals surface area contributed by atoms with E-state index in [2.05, 4.69) is 278 Å². The van der Waals surface area contributed by atoms with Gasteiger partial charge in [-0.25, -0.2) is 0 Å². The molecule has 0 heterocycles. The number of allylic oxidation sites excluding steroid dienone is 4. The summed E-state index contributed by atoms with van der Waals surface area (Å²) in [6, 6.07) is 96.7. The van der Waals surface area contributed by atoms with Crippen molar-refractivity contribution < 1.29 is 0 Å². The number of hydrogen-bond donors (Lipinski definition) is 0. The van der Waals surface area contributed by atoms with Gasteiger partial charge in [-0.3, -0.25) is 0 Å². The Morgan fingerprint density at radius 1 is 0.319 bits per heavy atom. The lowest BCUT2D eigenvalue weighted by Crippen LogP contribution is -2.45. The van der Waals surface area contributed by atoms with Crippen LogP contribution in [0.3, 0.4) is 0 Å². The molecule has 0 unspecified atom stereocenters.